The van der Waals surface area contributed by atoms with Gasteiger partial charge in [-0.05, 0) is 18.8 Å². The van der Waals surface area contributed by atoms with Crippen molar-refractivity contribution in [3.63, 3.8) is 0 Å². The quantitative estimate of drug-likeness (QED) is 0.638. The van der Waals surface area contributed by atoms with Crippen LogP contribution in [0, 0.1) is 17.3 Å². The SMILES string of the molecule is CC(C)C12CCC3OC3C1CC21OCCO1. The third-order valence-corrected chi connectivity index (χ3v) is 5.50. The van der Waals surface area contributed by atoms with Crippen molar-refractivity contribution in [1.82, 2.24) is 0 Å². The monoisotopic (exact) mass is 224 g/mol. The molecule has 1 spiro atoms. The van der Waals surface area contributed by atoms with Gasteiger partial charge in [0.25, 0.3) is 0 Å². The summed E-state index contributed by atoms with van der Waals surface area (Å²) < 4.78 is 17.8. The van der Waals surface area contributed by atoms with Crippen molar-refractivity contribution in [3.8, 4) is 0 Å². The van der Waals surface area contributed by atoms with E-state index in [1.807, 2.05) is 0 Å². The van der Waals surface area contributed by atoms with E-state index in [-0.39, 0.29) is 11.2 Å². The normalized spacial score (nSPS) is 52.3. The maximum Gasteiger partial charge on any atom is 0.175 e. The van der Waals surface area contributed by atoms with Crippen LogP contribution >= 0.6 is 0 Å². The maximum atomic E-state index is 6.00. The Morgan fingerprint density at radius 2 is 1.94 bits per heavy atom. The lowest BCUT2D eigenvalue weighted by Gasteiger charge is -2.64. The highest BCUT2D eigenvalue weighted by Gasteiger charge is 2.76. The van der Waals surface area contributed by atoms with Crippen LogP contribution in [0.1, 0.15) is 33.1 Å². The molecule has 2 aliphatic heterocycles. The summed E-state index contributed by atoms with van der Waals surface area (Å²) in [6.07, 6.45) is 4.57. The van der Waals surface area contributed by atoms with E-state index in [1.54, 1.807) is 0 Å². The summed E-state index contributed by atoms with van der Waals surface area (Å²) in [4.78, 5) is 0. The Kier molecular flexibility index (Phi) is 1.74. The summed E-state index contributed by atoms with van der Waals surface area (Å²) in [5.74, 6) is 1.06. The first kappa shape index (κ1) is 9.86. The molecule has 2 saturated heterocycles. The second-order valence-electron chi connectivity index (χ2n) is 6.13. The minimum absolute atomic E-state index is 0.237. The van der Waals surface area contributed by atoms with Crippen LogP contribution in [0.15, 0.2) is 0 Å². The third kappa shape index (κ3) is 0.889. The highest BCUT2D eigenvalue weighted by Crippen LogP contribution is 2.71. The van der Waals surface area contributed by atoms with Crippen LogP contribution in [-0.2, 0) is 14.2 Å². The van der Waals surface area contributed by atoms with E-state index in [0.29, 0.717) is 24.0 Å². The van der Waals surface area contributed by atoms with Crippen LogP contribution in [-0.4, -0.2) is 31.2 Å². The number of epoxide rings is 1. The molecule has 0 aromatic carbocycles. The summed E-state index contributed by atoms with van der Waals surface area (Å²) >= 11 is 0. The van der Waals surface area contributed by atoms with Gasteiger partial charge < -0.3 is 14.2 Å². The third-order valence-electron chi connectivity index (χ3n) is 5.50. The van der Waals surface area contributed by atoms with E-state index in [0.717, 1.165) is 19.6 Å². The van der Waals surface area contributed by atoms with Crippen LogP contribution < -0.4 is 0 Å². The lowest BCUT2D eigenvalue weighted by Crippen LogP contribution is -2.69. The van der Waals surface area contributed by atoms with Crippen LogP contribution in [0.2, 0.25) is 0 Å². The summed E-state index contributed by atoms with van der Waals surface area (Å²) in [6.45, 7) is 6.19. The smallest absolute Gasteiger partial charge is 0.175 e. The molecule has 2 aliphatic carbocycles. The number of hydrogen-bond acceptors (Lipinski definition) is 3. The molecule has 2 saturated carbocycles. The van der Waals surface area contributed by atoms with Crippen LogP contribution in [0.5, 0.6) is 0 Å². The molecule has 0 N–H and O–H groups in total. The van der Waals surface area contributed by atoms with Crippen molar-refractivity contribution in [1.29, 1.82) is 0 Å². The average Bonchev–Trinajstić information content (AvgIpc) is 2.83. The van der Waals surface area contributed by atoms with Crippen molar-refractivity contribution in [2.24, 2.45) is 17.3 Å². The minimum Gasteiger partial charge on any atom is -0.369 e. The van der Waals surface area contributed by atoms with Gasteiger partial charge in [0.15, 0.2) is 5.79 Å². The van der Waals surface area contributed by atoms with E-state index in [1.165, 1.54) is 12.8 Å². The number of rotatable bonds is 1. The highest BCUT2D eigenvalue weighted by molar-refractivity contribution is 5.20. The molecule has 16 heavy (non-hydrogen) atoms. The van der Waals surface area contributed by atoms with Gasteiger partial charge >= 0.3 is 0 Å². The Bertz CT molecular complexity index is 321. The lowest BCUT2D eigenvalue weighted by molar-refractivity contribution is -0.350. The highest BCUT2D eigenvalue weighted by atomic mass is 16.7. The zero-order valence-electron chi connectivity index (χ0n) is 10.1. The first-order valence-electron chi connectivity index (χ1n) is 6.63. The topological polar surface area (TPSA) is 31.0 Å². The van der Waals surface area contributed by atoms with E-state index < -0.39 is 0 Å². The number of ether oxygens (including phenoxy) is 3. The van der Waals surface area contributed by atoms with Crippen molar-refractivity contribution >= 4 is 0 Å². The largest absolute Gasteiger partial charge is 0.369 e. The van der Waals surface area contributed by atoms with Gasteiger partial charge in [-0.1, -0.05) is 13.8 Å². The van der Waals surface area contributed by atoms with Gasteiger partial charge in [0, 0.05) is 17.8 Å². The zero-order valence-corrected chi connectivity index (χ0v) is 10.1. The van der Waals surface area contributed by atoms with Gasteiger partial charge in [0.2, 0.25) is 0 Å². The Hall–Kier alpha value is -0.120. The van der Waals surface area contributed by atoms with Gasteiger partial charge in [-0.15, -0.1) is 0 Å². The fourth-order valence-corrected chi connectivity index (χ4v) is 4.72. The number of hydrogen-bond donors (Lipinski definition) is 0. The molecule has 4 fully saturated rings. The van der Waals surface area contributed by atoms with E-state index in [9.17, 15) is 0 Å². The molecular formula is C13H20O3. The van der Waals surface area contributed by atoms with Gasteiger partial charge in [-0.25, -0.2) is 0 Å². The summed E-state index contributed by atoms with van der Waals surface area (Å²) in [5.41, 5.74) is 0.237. The summed E-state index contributed by atoms with van der Waals surface area (Å²) in [6, 6.07) is 0. The van der Waals surface area contributed by atoms with E-state index in [4.69, 9.17) is 14.2 Å². The molecule has 4 unspecified atom stereocenters. The molecule has 4 atom stereocenters. The molecule has 0 bridgehead atoms. The van der Waals surface area contributed by atoms with Crippen molar-refractivity contribution in [3.05, 3.63) is 0 Å². The Morgan fingerprint density at radius 1 is 1.19 bits per heavy atom. The average molecular weight is 224 g/mol. The molecule has 0 radical (unpaired) electrons. The van der Waals surface area contributed by atoms with Crippen LogP contribution in [0.25, 0.3) is 0 Å². The van der Waals surface area contributed by atoms with Gasteiger partial charge in [-0.3, -0.25) is 0 Å². The van der Waals surface area contributed by atoms with Crippen molar-refractivity contribution < 1.29 is 14.2 Å². The standard InChI is InChI=1S/C13H20O3/c1-8(2)12-4-3-10-11(16-10)9(12)7-13(12)14-5-6-15-13/h8-11H,3-7H2,1-2H3. The molecule has 4 rings (SSSR count). The number of fused-ring (bicyclic) bond motifs is 4. The molecule has 2 heterocycles. The lowest BCUT2D eigenvalue weighted by atomic mass is 9.45. The summed E-state index contributed by atoms with van der Waals surface area (Å²) in [7, 11) is 0. The Morgan fingerprint density at radius 3 is 2.62 bits per heavy atom. The first-order chi connectivity index (χ1) is 7.70. The molecule has 3 heteroatoms. The van der Waals surface area contributed by atoms with Crippen LogP contribution in [0.3, 0.4) is 0 Å². The van der Waals surface area contributed by atoms with Gasteiger partial charge in [0.05, 0.1) is 25.4 Å². The molecule has 0 amide bonds. The Labute approximate surface area is 96.4 Å². The first-order valence-corrected chi connectivity index (χ1v) is 6.63. The fraction of sp³-hybridized carbons (Fsp3) is 1.00. The molecular weight excluding hydrogens is 204 g/mol. The second kappa shape index (κ2) is 2.82. The molecule has 3 nitrogen and oxygen atoms in total. The zero-order chi connectivity index (χ0) is 11.0. The minimum atomic E-state index is -0.247. The maximum absolute atomic E-state index is 6.00. The summed E-state index contributed by atoms with van der Waals surface area (Å²) in [5, 5.41) is 0. The van der Waals surface area contributed by atoms with Gasteiger partial charge in [0.1, 0.15) is 0 Å². The second-order valence-corrected chi connectivity index (χ2v) is 6.13. The predicted octanol–water partition coefficient (Wildman–Crippen LogP) is 1.95. The predicted molar refractivity (Wildman–Crippen MR) is 57.9 cm³/mol. The fourth-order valence-electron chi connectivity index (χ4n) is 4.72. The van der Waals surface area contributed by atoms with Crippen LogP contribution in [0.4, 0.5) is 0 Å². The van der Waals surface area contributed by atoms with E-state index >= 15 is 0 Å². The van der Waals surface area contributed by atoms with Gasteiger partial charge in [-0.2, -0.15) is 0 Å². The molecule has 90 valence electrons. The van der Waals surface area contributed by atoms with Crippen molar-refractivity contribution in [2.45, 2.75) is 51.1 Å². The Balaban J connectivity index is 1.72. The molecule has 4 aliphatic rings. The van der Waals surface area contributed by atoms with E-state index in [2.05, 4.69) is 13.8 Å². The molecule has 0 aromatic rings. The van der Waals surface area contributed by atoms with Crippen molar-refractivity contribution in [2.75, 3.05) is 13.2 Å². The molecule has 0 aromatic heterocycles.